The van der Waals surface area contributed by atoms with Crippen LogP contribution in [0.15, 0.2) is 21.2 Å². The highest BCUT2D eigenvalue weighted by Gasteiger charge is 2.23. The largest absolute Gasteiger partial charge is 0.369 e. The first-order valence-electron chi connectivity index (χ1n) is 6.35. The third-order valence-corrected chi connectivity index (χ3v) is 4.45. The maximum absolute atomic E-state index is 4.37. The van der Waals surface area contributed by atoms with Crippen LogP contribution in [-0.4, -0.2) is 35.6 Å². The van der Waals surface area contributed by atoms with E-state index >= 15 is 0 Å². The number of rotatable bonds is 4. The molecule has 2 rings (SSSR count). The van der Waals surface area contributed by atoms with E-state index in [0.29, 0.717) is 6.04 Å². The van der Waals surface area contributed by atoms with Crippen molar-refractivity contribution in [2.24, 2.45) is 5.92 Å². The van der Waals surface area contributed by atoms with E-state index < -0.39 is 0 Å². The van der Waals surface area contributed by atoms with Crippen LogP contribution >= 0.6 is 31.9 Å². The number of pyridine rings is 1. The summed E-state index contributed by atoms with van der Waals surface area (Å²) in [5.74, 6) is 1.66. The van der Waals surface area contributed by atoms with Gasteiger partial charge >= 0.3 is 0 Å². The Morgan fingerprint density at radius 2 is 2.28 bits per heavy atom. The average Bonchev–Trinajstić information content (AvgIpc) is 2.76. The van der Waals surface area contributed by atoms with Gasteiger partial charge in [0.05, 0.1) is 4.47 Å². The zero-order chi connectivity index (χ0) is 13.1. The lowest BCUT2D eigenvalue weighted by molar-refractivity contribution is 0.266. The van der Waals surface area contributed by atoms with Gasteiger partial charge < -0.3 is 10.2 Å². The van der Waals surface area contributed by atoms with E-state index in [1.807, 2.05) is 12.3 Å². The number of nitrogens with zero attached hydrogens (tertiary/aromatic N) is 2. The Morgan fingerprint density at radius 3 is 2.89 bits per heavy atom. The highest BCUT2D eigenvalue weighted by Crippen LogP contribution is 2.25. The second-order valence-electron chi connectivity index (χ2n) is 5.11. The molecule has 2 heterocycles. The molecule has 3 nitrogen and oxygen atoms in total. The van der Waals surface area contributed by atoms with Gasteiger partial charge in [-0.05, 0) is 70.7 Å². The molecule has 1 aromatic rings. The molecule has 1 N–H and O–H groups in total. The molecule has 0 bridgehead atoms. The van der Waals surface area contributed by atoms with Crippen LogP contribution in [0.1, 0.15) is 20.3 Å². The van der Waals surface area contributed by atoms with Crippen molar-refractivity contribution in [2.45, 2.75) is 26.3 Å². The lowest BCUT2D eigenvalue weighted by atomic mass is 10.1. The van der Waals surface area contributed by atoms with E-state index in [0.717, 1.165) is 27.2 Å². The van der Waals surface area contributed by atoms with E-state index in [9.17, 15) is 0 Å². The Kier molecular flexibility index (Phi) is 5.04. The van der Waals surface area contributed by atoms with Crippen LogP contribution in [0.2, 0.25) is 0 Å². The van der Waals surface area contributed by atoms with E-state index in [1.165, 1.54) is 19.5 Å². The summed E-state index contributed by atoms with van der Waals surface area (Å²) in [6.07, 6.45) is 3.10. The van der Waals surface area contributed by atoms with Crippen molar-refractivity contribution in [1.82, 2.24) is 9.88 Å². The first-order chi connectivity index (χ1) is 8.56. The molecule has 1 saturated heterocycles. The lowest BCUT2D eigenvalue weighted by Crippen LogP contribution is -2.29. The summed E-state index contributed by atoms with van der Waals surface area (Å²) in [4.78, 5) is 6.91. The smallest absolute Gasteiger partial charge is 0.140 e. The molecule has 0 saturated carbocycles. The van der Waals surface area contributed by atoms with E-state index in [-0.39, 0.29) is 0 Å². The molecule has 1 aliphatic rings. The highest BCUT2D eigenvalue weighted by atomic mass is 79.9. The van der Waals surface area contributed by atoms with Crippen LogP contribution in [-0.2, 0) is 0 Å². The fraction of sp³-hybridized carbons (Fsp3) is 0.615. The molecule has 1 fully saturated rings. The molecule has 100 valence electrons. The standard InChI is InChI=1S/C13H19Br2N3/c1-9(2)18-4-3-10(8-18)6-16-13-12(15)5-11(14)7-17-13/h5,7,9-10H,3-4,6,8H2,1-2H3,(H,16,17). The van der Waals surface area contributed by atoms with Crippen LogP contribution < -0.4 is 5.32 Å². The monoisotopic (exact) mass is 375 g/mol. The Labute approximate surface area is 126 Å². The van der Waals surface area contributed by atoms with Crippen LogP contribution in [0.5, 0.6) is 0 Å². The SMILES string of the molecule is CC(C)N1CCC(CNc2ncc(Br)cc2Br)C1. The van der Waals surface area contributed by atoms with Gasteiger partial charge in [-0.3, -0.25) is 0 Å². The predicted molar refractivity (Wildman–Crippen MR) is 82.9 cm³/mol. The minimum Gasteiger partial charge on any atom is -0.369 e. The van der Waals surface area contributed by atoms with Crippen molar-refractivity contribution in [2.75, 3.05) is 25.0 Å². The summed E-state index contributed by atoms with van der Waals surface area (Å²) in [7, 11) is 0. The molecule has 5 heteroatoms. The Bertz CT molecular complexity index is 409. The normalized spacial score (nSPS) is 20.6. The van der Waals surface area contributed by atoms with Gasteiger partial charge in [0.1, 0.15) is 5.82 Å². The topological polar surface area (TPSA) is 28.2 Å². The van der Waals surface area contributed by atoms with Crippen LogP contribution in [0.25, 0.3) is 0 Å². The Balaban J connectivity index is 1.85. The summed E-state index contributed by atoms with van der Waals surface area (Å²) in [6.45, 7) is 7.94. The van der Waals surface area contributed by atoms with Crippen molar-refractivity contribution in [1.29, 1.82) is 0 Å². The van der Waals surface area contributed by atoms with Crippen LogP contribution in [0.3, 0.4) is 0 Å². The van der Waals surface area contributed by atoms with Crippen molar-refractivity contribution in [3.8, 4) is 0 Å². The predicted octanol–water partition coefficient (Wildman–Crippen LogP) is 3.75. The maximum atomic E-state index is 4.37. The average molecular weight is 377 g/mol. The molecule has 0 aromatic carbocycles. The first-order valence-corrected chi connectivity index (χ1v) is 7.94. The summed E-state index contributed by atoms with van der Waals surface area (Å²) in [5.41, 5.74) is 0. The number of hydrogen-bond acceptors (Lipinski definition) is 3. The molecule has 0 amide bonds. The van der Waals surface area contributed by atoms with Crippen molar-refractivity contribution in [3.63, 3.8) is 0 Å². The number of anilines is 1. The zero-order valence-electron chi connectivity index (χ0n) is 10.8. The molecular weight excluding hydrogens is 358 g/mol. The maximum Gasteiger partial charge on any atom is 0.140 e. The minimum atomic E-state index is 0.660. The number of likely N-dealkylation sites (tertiary alicyclic amines) is 1. The van der Waals surface area contributed by atoms with Gasteiger partial charge in [0, 0.05) is 29.8 Å². The van der Waals surface area contributed by atoms with Gasteiger partial charge in [-0.2, -0.15) is 0 Å². The lowest BCUT2D eigenvalue weighted by Gasteiger charge is -2.20. The molecule has 1 unspecified atom stereocenters. The molecule has 18 heavy (non-hydrogen) atoms. The minimum absolute atomic E-state index is 0.660. The highest BCUT2D eigenvalue weighted by molar-refractivity contribution is 9.11. The number of halogens is 2. The molecule has 1 aliphatic heterocycles. The fourth-order valence-electron chi connectivity index (χ4n) is 2.28. The molecule has 0 radical (unpaired) electrons. The van der Waals surface area contributed by atoms with Gasteiger partial charge in [0.15, 0.2) is 0 Å². The number of aromatic nitrogens is 1. The van der Waals surface area contributed by atoms with Gasteiger partial charge in [0.2, 0.25) is 0 Å². The van der Waals surface area contributed by atoms with Gasteiger partial charge in [-0.1, -0.05) is 0 Å². The quantitative estimate of drug-likeness (QED) is 0.867. The van der Waals surface area contributed by atoms with E-state index in [1.54, 1.807) is 0 Å². The summed E-state index contributed by atoms with van der Waals surface area (Å²) < 4.78 is 2.00. The second-order valence-corrected chi connectivity index (χ2v) is 6.88. The van der Waals surface area contributed by atoms with Gasteiger partial charge in [0.25, 0.3) is 0 Å². The zero-order valence-corrected chi connectivity index (χ0v) is 14.0. The molecule has 1 aromatic heterocycles. The van der Waals surface area contributed by atoms with E-state index in [4.69, 9.17) is 0 Å². The number of hydrogen-bond donors (Lipinski definition) is 1. The molecule has 0 spiro atoms. The van der Waals surface area contributed by atoms with Gasteiger partial charge in [-0.25, -0.2) is 4.98 Å². The molecule has 0 aliphatic carbocycles. The Hall–Kier alpha value is -0.130. The van der Waals surface area contributed by atoms with Crippen LogP contribution in [0, 0.1) is 5.92 Å². The van der Waals surface area contributed by atoms with Gasteiger partial charge in [-0.15, -0.1) is 0 Å². The third kappa shape index (κ3) is 3.68. The third-order valence-electron chi connectivity index (χ3n) is 3.41. The fourth-order valence-corrected chi connectivity index (χ4v) is 3.41. The van der Waals surface area contributed by atoms with Crippen molar-refractivity contribution in [3.05, 3.63) is 21.2 Å². The first kappa shape index (κ1) is 14.3. The Morgan fingerprint density at radius 1 is 1.50 bits per heavy atom. The van der Waals surface area contributed by atoms with Crippen molar-refractivity contribution >= 4 is 37.7 Å². The molecule has 1 atom stereocenters. The number of nitrogens with one attached hydrogen (secondary N) is 1. The summed E-state index contributed by atoms with van der Waals surface area (Å²) in [5, 5.41) is 3.44. The van der Waals surface area contributed by atoms with Crippen molar-refractivity contribution < 1.29 is 0 Å². The molecular formula is C13H19Br2N3. The second kappa shape index (κ2) is 6.35. The summed E-state index contributed by atoms with van der Waals surface area (Å²) in [6, 6.07) is 2.68. The van der Waals surface area contributed by atoms with Crippen LogP contribution in [0.4, 0.5) is 5.82 Å². The van der Waals surface area contributed by atoms with E-state index in [2.05, 4.69) is 60.9 Å². The summed E-state index contributed by atoms with van der Waals surface area (Å²) >= 11 is 6.94.